The van der Waals surface area contributed by atoms with Crippen molar-refractivity contribution in [3.63, 3.8) is 0 Å². The number of nitrogens with two attached hydrogens (primary N) is 1. The van der Waals surface area contributed by atoms with E-state index in [0.29, 0.717) is 16.9 Å². The summed E-state index contributed by atoms with van der Waals surface area (Å²) in [6.07, 6.45) is 1.18. The molecule has 0 aliphatic carbocycles. The van der Waals surface area contributed by atoms with Crippen molar-refractivity contribution in [2.45, 2.75) is 41.0 Å². The van der Waals surface area contributed by atoms with Crippen LogP contribution in [0.3, 0.4) is 0 Å². The maximum atomic E-state index is 14.9. The Morgan fingerprint density at radius 3 is 2.04 bits per heavy atom. The molecule has 0 amide bonds. The van der Waals surface area contributed by atoms with E-state index in [2.05, 4.69) is 15.0 Å². The lowest BCUT2D eigenvalue weighted by Crippen LogP contribution is -2.48. The van der Waals surface area contributed by atoms with Crippen LogP contribution in [0, 0.1) is 6.92 Å². The van der Waals surface area contributed by atoms with Crippen LogP contribution in [0.5, 0.6) is 5.75 Å². The third-order valence-corrected chi connectivity index (χ3v) is 11.8. The highest BCUT2D eigenvalue weighted by Crippen LogP contribution is 2.44. The van der Waals surface area contributed by atoms with Gasteiger partial charge in [0, 0.05) is 0 Å². The van der Waals surface area contributed by atoms with Crippen LogP contribution >= 0.6 is 0 Å². The van der Waals surface area contributed by atoms with E-state index >= 15 is 0 Å². The van der Waals surface area contributed by atoms with Crippen molar-refractivity contribution in [1.82, 2.24) is 24.4 Å². The maximum Gasteiger partial charge on any atom is 0.185 e. The van der Waals surface area contributed by atoms with Gasteiger partial charge >= 0.3 is 0 Å². The van der Waals surface area contributed by atoms with Gasteiger partial charge in [-0.05, 0) is 62.0 Å². The molecule has 0 bridgehead atoms. The second-order valence-corrected chi connectivity index (χ2v) is 15.0. The zero-order valence-electron chi connectivity index (χ0n) is 28.8. The van der Waals surface area contributed by atoms with Gasteiger partial charge in [-0.3, -0.25) is 4.57 Å². The third-order valence-electron chi connectivity index (χ3n) is 9.60. The first kappa shape index (κ1) is 34.3. The van der Waals surface area contributed by atoms with E-state index < -0.39 is 39.1 Å². The first-order chi connectivity index (χ1) is 24.6. The highest BCUT2D eigenvalue weighted by Gasteiger charge is 2.55. The number of imidazole rings is 1. The second kappa shape index (κ2) is 13.9. The molecule has 0 spiro atoms. The molecule has 6 aromatic rings. The highest BCUT2D eigenvalue weighted by atomic mass is 32.2. The van der Waals surface area contributed by atoms with Crippen molar-refractivity contribution in [3.8, 4) is 5.75 Å². The van der Waals surface area contributed by atoms with Crippen LogP contribution < -0.4 is 10.5 Å². The van der Waals surface area contributed by atoms with Crippen LogP contribution in [0.15, 0.2) is 127 Å². The molecule has 1 aliphatic heterocycles. The Hall–Kier alpha value is -5.14. The number of nitrogen functional groups attached to an aromatic ring is 1. The molecule has 12 heteroatoms. The standard InChI is InChI=1S/C39H40N6O5S/c1-26-15-21-31(22-16-26)51(46,47)35-32(50-38(34(35)44(2)3)45-25-43-33-36(40)41-24-42-37(33)45)23-49-39(27-11-7-5-8-12-27,28-13-9-6-10-14-28)29-17-19-30(48-4)20-18-29/h5-22,24-25,32,34-35,38H,23H2,1-4H3,(H2,40,41,42)/t32-,34-,35-,38-/m1/s1. The van der Waals surface area contributed by atoms with Crippen LogP contribution in [0.25, 0.3) is 11.2 Å². The SMILES string of the molecule is COc1ccc(C(OC[C@H]2O[C@@H](n3cnc4c(N)ncnc43)[C@H](N(C)C)[C@@H]2S(=O)(=O)c2ccc(C)cc2)(c2ccccc2)c2ccccc2)cc1. The van der Waals surface area contributed by atoms with Crippen molar-refractivity contribution in [1.29, 1.82) is 0 Å². The smallest absolute Gasteiger partial charge is 0.185 e. The van der Waals surface area contributed by atoms with Gasteiger partial charge < -0.3 is 24.8 Å². The number of anilines is 1. The van der Waals surface area contributed by atoms with Gasteiger partial charge in [-0.25, -0.2) is 23.4 Å². The number of hydrogen-bond donors (Lipinski definition) is 1. The van der Waals surface area contributed by atoms with E-state index in [9.17, 15) is 8.42 Å². The first-order valence-corrected chi connectivity index (χ1v) is 18.1. The molecule has 4 aromatic carbocycles. The summed E-state index contributed by atoms with van der Waals surface area (Å²) in [4.78, 5) is 15.1. The van der Waals surface area contributed by atoms with E-state index in [4.69, 9.17) is 19.9 Å². The van der Waals surface area contributed by atoms with Crippen LogP contribution in [-0.4, -0.2) is 78.0 Å². The largest absolute Gasteiger partial charge is 0.497 e. The molecule has 51 heavy (non-hydrogen) atoms. The lowest BCUT2D eigenvalue weighted by atomic mass is 9.80. The van der Waals surface area contributed by atoms with Gasteiger partial charge in [0.1, 0.15) is 34.5 Å². The molecule has 2 N–H and O–H groups in total. The zero-order valence-corrected chi connectivity index (χ0v) is 29.6. The number of nitrogens with zero attached hydrogens (tertiary/aromatic N) is 5. The average molecular weight is 705 g/mol. The predicted octanol–water partition coefficient (Wildman–Crippen LogP) is 5.40. The van der Waals surface area contributed by atoms with Crippen LogP contribution in [-0.2, 0) is 24.9 Å². The highest BCUT2D eigenvalue weighted by molar-refractivity contribution is 7.92. The minimum absolute atomic E-state index is 0.0871. The number of benzene rings is 4. The van der Waals surface area contributed by atoms with Gasteiger partial charge in [0.25, 0.3) is 0 Å². The summed E-state index contributed by atoms with van der Waals surface area (Å²) in [5, 5.41) is -1.06. The Morgan fingerprint density at radius 1 is 0.843 bits per heavy atom. The summed E-state index contributed by atoms with van der Waals surface area (Å²) in [6, 6.07) is 33.8. The van der Waals surface area contributed by atoms with Crippen LogP contribution in [0.1, 0.15) is 28.5 Å². The second-order valence-electron chi connectivity index (χ2n) is 12.9. The molecule has 3 heterocycles. The van der Waals surface area contributed by atoms with Crippen LogP contribution in [0.4, 0.5) is 5.82 Å². The number of ether oxygens (including phenoxy) is 3. The van der Waals surface area contributed by atoms with Gasteiger partial charge in [-0.2, -0.15) is 0 Å². The van der Waals surface area contributed by atoms with Crippen molar-refractivity contribution in [2.75, 3.05) is 33.5 Å². The molecule has 2 aromatic heterocycles. The molecule has 7 rings (SSSR count). The molecule has 0 saturated carbocycles. The third kappa shape index (κ3) is 6.14. The molecule has 262 valence electrons. The fraction of sp³-hybridized carbons (Fsp3) is 0.256. The first-order valence-electron chi connectivity index (χ1n) is 16.6. The normalized spacial score (nSPS) is 19.5. The van der Waals surface area contributed by atoms with Crippen molar-refractivity contribution in [3.05, 3.63) is 144 Å². The predicted molar refractivity (Wildman–Crippen MR) is 195 cm³/mol. The summed E-state index contributed by atoms with van der Waals surface area (Å²) in [6.45, 7) is 1.84. The number of likely N-dealkylation sites (N-methyl/N-ethyl adjacent to an activating group) is 1. The van der Waals surface area contributed by atoms with Gasteiger partial charge in [-0.1, -0.05) is 90.5 Å². The van der Waals surface area contributed by atoms with E-state index in [1.54, 1.807) is 42.3 Å². The number of aryl methyl sites for hydroxylation is 1. The Morgan fingerprint density at radius 2 is 1.45 bits per heavy atom. The number of sulfone groups is 1. The van der Waals surface area contributed by atoms with Crippen molar-refractivity contribution >= 4 is 26.8 Å². The number of fused-ring (bicyclic) bond motifs is 1. The summed E-state index contributed by atoms with van der Waals surface area (Å²) in [7, 11) is 1.31. The topological polar surface area (TPSA) is 135 Å². The Bertz CT molecular complexity index is 2170. The van der Waals surface area contributed by atoms with E-state index in [-0.39, 0.29) is 17.3 Å². The number of rotatable bonds is 11. The maximum absolute atomic E-state index is 14.9. The van der Waals surface area contributed by atoms with Gasteiger partial charge in [0.15, 0.2) is 27.5 Å². The molecular weight excluding hydrogens is 665 g/mol. The molecule has 11 nitrogen and oxygen atoms in total. The minimum Gasteiger partial charge on any atom is -0.497 e. The summed E-state index contributed by atoms with van der Waals surface area (Å²) >= 11 is 0. The Kier molecular flexibility index (Phi) is 9.34. The summed E-state index contributed by atoms with van der Waals surface area (Å²) in [5.74, 6) is 0.919. The van der Waals surface area contributed by atoms with E-state index in [0.717, 1.165) is 22.3 Å². The molecule has 1 aliphatic rings. The Balaban J connectivity index is 1.39. The minimum atomic E-state index is -4.01. The fourth-order valence-electron chi connectivity index (χ4n) is 7.09. The zero-order chi connectivity index (χ0) is 35.8. The van der Waals surface area contributed by atoms with E-state index in [1.165, 1.54) is 6.33 Å². The quantitative estimate of drug-likeness (QED) is 0.175. The lowest BCUT2D eigenvalue weighted by molar-refractivity contribution is -0.0798. The lowest BCUT2D eigenvalue weighted by Gasteiger charge is -2.37. The van der Waals surface area contributed by atoms with Gasteiger partial charge in [0.05, 0.1) is 31.0 Å². The van der Waals surface area contributed by atoms with Crippen molar-refractivity contribution in [2.24, 2.45) is 0 Å². The number of hydrogen-bond acceptors (Lipinski definition) is 10. The number of aromatic nitrogens is 4. The van der Waals surface area contributed by atoms with Crippen LogP contribution in [0.2, 0.25) is 0 Å². The fourth-order valence-corrected chi connectivity index (χ4v) is 9.20. The van der Waals surface area contributed by atoms with E-state index in [1.807, 2.05) is 111 Å². The molecular formula is C39H40N6O5S. The number of methoxy groups -OCH3 is 1. The Labute approximate surface area is 297 Å². The molecule has 0 unspecified atom stereocenters. The van der Waals surface area contributed by atoms with Gasteiger partial charge in [-0.15, -0.1) is 0 Å². The average Bonchev–Trinajstić information content (AvgIpc) is 3.77. The summed E-state index contributed by atoms with van der Waals surface area (Å²) < 4.78 is 51.0. The summed E-state index contributed by atoms with van der Waals surface area (Å²) in [5.41, 5.74) is 9.37. The van der Waals surface area contributed by atoms with Gasteiger partial charge in [0.2, 0.25) is 0 Å². The molecule has 1 saturated heterocycles. The molecule has 0 radical (unpaired) electrons. The van der Waals surface area contributed by atoms with Crippen molar-refractivity contribution < 1.29 is 22.6 Å². The molecule has 1 fully saturated rings. The molecule has 4 atom stereocenters. The monoisotopic (exact) mass is 704 g/mol.